The first-order valence-electron chi connectivity index (χ1n) is 7.95. The molecule has 126 valence electrons. The Hall–Kier alpha value is -2.67. The number of aryl methyl sites for hydroxylation is 1. The summed E-state index contributed by atoms with van der Waals surface area (Å²) in [7, 11) is 0. The summed E-state index contributed by atoms with van der Waals surface area (Å²) in [4.78, 5) is 0. The summed E-state index contributed by atoms with van der Waals surface area (Å²) in [5, 5.41) is 24.5. The SMILES string of the molecule is CCC(Oc1ccc(CO)cc1)c1cn(Cc2[nH]ncc2C)nn1. The van der Waals surface area contributed by atoms with Gasteiger partial charge in [-0.15, -0.1) is 5.10 Å². The number of rotatable bonds is 7. The van der Waals surface area contributed by atoms with E-state index in [9.17, 15) is 0 Å². The molecule has 2 aromatic heterocycles. The fourth-order valence-electron chi connectivity index (χ4n) is 2.42. The highest BCUT2D eigenvalue weighted by Crippen LogP contribution is 2.23. The summed E-state index contributed by atoms with van der Waals surface area (Å²) in [6.07, 6.45) is 4.31. The Balaban J connectivity index is 1.70. The molecule has 0 saturated carbocycles. The molecule has 0 aliphatic rings. The fraction of sp³-hybridized carbons (Fsp3) is 0.353. The lowest BCUT2D eigenvalue weighted by Gasteiger charge is -2.15. The van der Waals surface area contributed by atoms with Crippen molar-refractivity contribution in [1.29, 1.82) is 0 Å². The van der Waals surface area contributed by atoms with Crippen molar-refractivity contribution in [1.82, 2.24) is 25.2 Å². The molecule has 3 rings (SSSR count). The maximum atomic E-state index is 9.09. The van der Waals surface area contributed by atoms with E-state index in [1.807, 2.05) is 44.3 Å². The van der Waals surface area contributed by atoms with Crippen LogP contribution in [0.3, 0.4) is 0 Å². The van der Waals surface area contributed by atoms with Crippen LogP contribution in [0.5, 0.6) is 5.75 Å². The molecule has 0 spiro atoms. The van der Waals surface area contributed by atoms with E-state index in [4.69, 9.17) is 9.84 Å². The van der Waals surface area contributed by atoms with Crippen molar-refractivity contribution in [2.24, 2.45) is 0 Å². The minimum atomic E-state index is -0.165. The van der Waals surface area contributed by atoms with Crippen LogP contribution >= 0.6 is 0 Å². The molecule has 1 unspecified atom stereocenters. The number of nitrogens with zero attached hydrogens (tertiary/aromatic N) is 4. The standard InChI is InChI=1S/C17H21N5O2/c1-3-17(24-14-6-4-13(11-23)5-7-14)16-10-22(21-20-16)9-15-12(2)8-18-19-15/h4-8,10,17,23H,3,9,11H2,1-2H3,(H,18,19). The van der Waals surface area contributed by atoms with Crippen LogP contribution in [0.1, 0.15) is 42.0 Å². The Morgan fingerprint density at radius 2 is 2.08 bits per heavy atom. The van der Waals surface area contributed by atoms with Crippen molar-refractivity contribution >= 4 is 0 Å². The summed E-state index contributed by atoms with van der Waals surface area (Å²) >= 11 is 0. The van der Waals surface area contributed by atoms with Gasteiger partial charge in [0.1, 0.15) is 17.5 Å². The van der Waals surface area contributed by atoms with Crippen molar-refractivity contribution in [2.75, 3.05) is 0 Å². The number of benzene rings is 1. The number of aromatic amines is 1. The maximum absolute atomic E-state index is 9.09. The Kier molecular flexibility index (Phi) is 4.90. The molecular weight excluding hydrogens is 306 g/mol. The zero-order chi connectivity index (χ0) is 16.9. The van der Waals surface area contributed by atoms with E-state index in [-0.39, 0.29) is 12.7 Å². The lowest BCUT2D eigenvalue weighted by atomic mass is 10.2. The molecule has 0 saturated heterocycles. The van der Waals surface area contributed by atoms with Crippen LogP contribution in [0.25, 0.3) is 0 Å². The average Bonchev–Trinajstić information content (AvgIpc) is 3.23. The molecule has 7 heteroatoms. The molecule has 0 amide bonds. The normalized spacial score (nSPS) is 12.3. The molecule has 0 bridgehead atoms. The first-order chi connectivity index (χ1) is 11.7. The third kappa shape index (κ3) is 3.62. The smallest absolute Gasteiger partial charge is 0.144 e. The van der Waals surface area contributed by atoms with Gasteiger partial charge in [0.05, 0.1) is 31.2 Å². The van der Waals surface area contributed by atoms with E-state index in [0.29, 0.717) is 6.54 Å². The third-order valence-corrected chi connectivity index (χ3v) is 3.90. The highest BCUT2D eigenvalue weighted by molar-refractivity contribution is 5.27. The topological polar surface area (TPSA) is 88.9 Å². The molecule has 2 N–H and O–H groups in total. The highest BCUT2D eigenvalue weighted by atomic mass is 16.5. The molecule has 24 heavy (non-hydrogen) atoms. The number of aliphatic hydroxyl groups excluding tert-OH is 1. The van der Waals surface area contributed by atoms with Gasteiger partial charge in [-0.2, -0.15) is 5.10 Å². The lowest BCUT2D eigenvalue weighted by molar-refractivity contribution is 0.196. The largest absolute Gasteiger partial charge is 0.484 e. The van der Waals surface area contributed by atoms with Gasteiger partial charge in [0.15, 0.2) is 0 Å². The predicted molar refractivity (Wildman–Crippen MR) is 88.5 cm³/mol. The van der Waals surface area contributed by atoms with E-state index in [2.05, 4.69) is 20.5 Å². The molecule has 3 aromatic rings. The van der Waals surface area contributed by atoms with Gasteiger partial charge < -0.3 is 9.84 Å². The second-order valence-corrected chi connectivity index (χ2v) is 5.69. The number of aromatic nitrogens is 5. The third-order valence-electron chi connectivity index (χ3n) is 3.90. The predicted octanol–water partition coefficient (Wildman–Crippen LogP) is 2.38. The first kappa shape index (κ1) is 16.2. The van der Waals surface area contributed by atoms with Crippen LogP contribution in [0.15, 0.2) is 36.7 Å². The molecular formula is C17H21N5O2. The zero-order valence-corrected chi connectivity index (χ0v) is 13.8. The molecule has 1 aromatic carbocycles. The minimum Gasteiger partial charge on any atom is -0.484 e. The van der Waals surface area contributed by atoms with Gasteiger partial charge in [0.2, 0.25) is 0 Å². The highest BCUT2D eigenvalue weighted by Gasteiger charge is 2.16. The van der Waals surface area contributed by atoms with E-state index >= 15 is 0 Å². The van der Waals surface area contributed by atoms with Crippen LogP contribution in [0, 0.1) is 6.92 Å². The molecule has 1 atom stereocenters. The maximum Gasteiger partial charge on any atom is 0.144 e. The van der Waals surface area contributed by atoms with Gasteiger partial charge in [-0.1, -0.05) is 24.3 Å². The summed E-state index contributed by atoms with van der Waals surface area (Å²) in [5.74, 6) is 0.748. The van der Waals surface area contributed by atoms with Crippen molar-refractivity contribution in [3.05, 3.63) is 59.2 Å². The van der Waals surface area contributed by atoms with Gasteiger partial charge in [-0.3, -0.25) is 5.10 Å². The number of hydrogen-bond acceptors (Lipinski definition) is 5. The number of nitrogens with one attached hydrogen (secondary N) is 1. The van der Waals surface area contributed by atoms with Gasteiger partial charge in [0.25, 0.3) is 0 Å². The Morgan fingerprint density at radius 1 is 1.29 bits per heavy atom. The van der Waals surface area contributed by atoms with Gasteiger partial charge in [-0.25, -0.2) is 4.68 Å². The van der Waals surface area contributed by atoms with Crippen LogP contribution in [-0.4, -0.2) is 30.3 Å². The quantitative estimate of drug-likeness (QED) is 0.695. The molecule has 0 radical (unpaired) electrons. The number of aliphatic hydroxyl groups is 1. The van der Waals surface area contributed by atoms with Crippen LogP contribution < -0.4 is 4.74 Å². The summed E-state index contributed by atoms with van der Waals surface area (Å²) in [6.45, 7) is 4.68. The molecule has 2 heterocycles. The number of hydrogen-bond donors (Lipinski definition) is 2. The van der Waals surface area contributed by atoms with Crippen molar-refractivity contribution < 1.29 is 9.84 Å². The molecule has 0 fully saturated rings. The Labute approximate surface area is 140 Å². The monoisotopic (exact) mass is 327 g/mol. The van der Waals surface area contributed by atoms with E-state index in [0.717, 1.165) is 34.7 Å². The molecule has 0 aliphatic heterocycles. The zero-order valence-electron chi connectivity index (χ0n) is 13.8. The first-order valence-corrected chi connectivity index (χ1v) is 7.95. The number of H-pyrrole nitrogens is 1. The van der Waals surface area contributed by atoms with E-state index in [1.54, 1.807) is 10.9 Å². The summed E-state index contributed by atoms with van der Waals surface area (Å²) < 4.78 is 7.78. The van der Waals surface area contributed by atoms with Crippen LogP contribution in [0.2, 0.25) is 0 Å². The lowest BCUT2D eigenvalue weighted by Crippen LogP contribution is -2.07. The summed E-state index contributed by atoms with van der Waals surface area (Å²) in [5.41, 5.74) is 3.76. The van der Waals surface area contributed by atoms with Crippen LogP contribution in [0.4, 0.5) is 0 Å². The molecule has 7 nitrogen and oxygen atoms in total. The van der Waals surface area contributed by atoms with Gasteiger partial charge in [0, 0.05) is 0 Å². The van der Waals surface area contributed by atoms with E-state index < -0.39 is 0 Å². The second kappa shape index (κ2) is 7.27. The van der Waals surface area contributed by atoms with Gasteiger partial charge in [-0.05, 0) is 36.6 Å². The fourth-order valence-corrected chi connectivity index (χ4v) is 2.42. The molecule has 0 aliphatic carbocycles. The van der Waals surface area contributed by atoms with Crippen molar-refractivity contribution in [3.63, 3.8) is 0 Å². The Bertz CT molecular complexity index is 778. The minimum absolute atomic E-state index is 0.0266. The van der Waals surface area contributed by atoms with Crippen LogP contribution in [-0.2, 0) is 13.2 Å². The van der Waals surface area contributed by atoms with Gasteiger partial charge >= 0.3 is 0 Å². The number of ether oxygens (including phenoxy) is 1. The summed E-state index contributed by atoms with van der Waals surface area (Å²) in [6, 6.07) is 7.40. The second-order valence-electron chi connectivity index (χ2n) is 5.69. The van der Waals surface area contributed by atoms with Crippen molar-refractivity contribution in [3.8, 4) is 5.75 Å². The average molecular weight is 327 g/mol. The van der Waals surface area contributed by atoms with E-state index in [1.165, 1.54) is 0 Å². The van der Waals surface area contributed by atoms with Crippen molar-refractivity contribution in [2.45, 2.75) is 39.5 Å². The Morgan fingerprint density at radius 3 is 2.71 bits per heavy atom.